The molecule has 0 aliphatic heterocycles. The van der Waals surface area contributed by atoms with E-state index in [0.29, 0.717) is 23.6 Å². The molecule has 1 atom stereocenters. The summed E-state index contributed by atoms with van der Waals surface area (Å²) >= 11 is 0. The lowest BCUT2D eigenvalue weighted by Crippen LogP contribution is -2.25. The number of hydrogen-bond acceptors (Lipinski definition) is 3. The molecule has 4 N–H and O–H groups in total. The van der Waals surface area contributed by atoms with Crippen molar-refractivity contribution in [3.63, 3.8) is 0 Å². The number of nitrogens with two attached hydrogens (primary N) is 2. The predicted octanol–water partition coefficient (Wildman–Crippen LogP) is 3.24. The number of carbonyl (C=O) groups is 1. The molecule has 0 spiro atoms. The number of anilines is 1. The lowest BCUT2D eigenvalue weighted by Gasteiger charge is -2.13. The maximum Gasteiger partial charge on any atom is 0.166 e. The summed E-state index contributed by atoms with van der Waals surface area (Å²) < 4.78 is 0. The number of nitrogen functional groups attached to an aromatic ring is 1. The van der Waals surface area contributed by atoms with Crippen LogP contribution in [0.2, 0.25) is 0 Å². The number of ketones is 1. The van der Waals surface area contributed by atoms with Crippen molar-refractivity contribution >= 4 is 11.5 Å². The zero-order valence-corrected chi connectivity index (χ0v) is 11.9. The van der Waals surface area contributed by atoms with Crippen molar-refractivity contribution in [1.82, 2.24) is 0 Å². The van der Waals surface area contributed by atoms with Gasteiger partial charge < -0.3 is 11.5 Å². The van der Waals surface area contributed by atoms with Gasteiger partial charge in [0.15, 0.2) is 5.78 Å². The third-order valence-corrected chi connectivity index (χ3v) is 2.48. The molecule has 0 radical (unpaired) electrons. The lowest BCUT2D eigenvalue weighted by atomic mass is 9.97. The van der Waals surface area contributed by atoms with Gasteiger partial charge >= 0.3 is 0 Å². The van der Waals surface area contributed by atoms with E-state index >= 15 is 0 Å². The van der Waals surface area contributed by atoms with Crippen LogP contribution in [0.25, 0.3) is 0 Å². The van der Waals surface area contributed by atoms with Gasteiger partial charge in [-0.3, -0.25) is 4.79 Å². The molecule has 0 fully saturated rings. The molecule has 0 aliphatic rings. The fraction of sp³-hybridized carbons (Fsp3) is 0.533. The van der Waals surface area contributed by atoms with Crippen molar-refractivity contribution in [3.05, 3.63) is 29.8 Å². The van der Waals surface area contributed by atoms with Crippen LogP contribution in [0.4, 0.5) is 5.69 Å². The third kappa shape index (κ3) is 5.82. The average Bonchev–Trinajstić information content (AvgIpc) is 2.30. The Bertz CT molecular complexity index is 361. The molecular weight excluding hydrogens is 224 g/mol. The Morgan fingerprint density at radius 3 is 2.28 bits per heavy atom. The summed E-state index contributed by atoms with van der Waals surface area (Å²) in [4.78, 5) is 11.9. The fourth-order valence-corrected chi connectivity index (χ4v) is 1.79. The van der Waals surface area contributed by atoms with Crippen molar-refractivity contribution < 1.29 is 4.79 Å². The Hall–Kier alpha value is -1.35. The molecule has 0 aliphatic carbocycles. The maximum absolute atomic E-state index is 11.9. The van der Waals surface area contributed by atoms with Gasteiger partial charge in [-0.2, -0.15) is 0 Å². The van der Waals surface area contributed by atoms with E-state index in [4.69, 9.17) is 11.5 Å². The number of benzene rings is 1. The molecule has 3 heteroatoms. The summed E-state index contributed by atoms with van der Waals surface area (Å²) in [6.07, 6.45) is 1.23. The minimum Gasteiger partial charge on any atom is -0.398 e. The second-order valence-corrected chi connectivity index (χ2v) is 4.60. The van der Waals surface area contributed by atoms with Gasteiger partial charge in [-0.15, -0.1) is 0 Å². The first-order chi connectivity index (χ1) is 8.50. The van der Waals surface area contributed by atoms with Crippen molar-refractivity contribution in [2.24, 2.45) is 11.7 Å². The highest BCUT2D eigenvalue weighted by Gasteiger charge is 2.14. The van der Waals surface area contributed by atoms with Crippen LogP contribution in [0.15, 0.2) is 24.3 Å². The van der Waals surface area contributed by atoms with Crippen molar-refractivity contribution in [2.45, 2.75) is 46.6 Å². The normalized spacial score (nSPS) is 11.7. The van der Waals surface area contributed by atoms with E-state index in [-0.39, 0.29) is 11.8 Å². The van der Waals surface area contributed by atoms with Gasteiger partial charge in [-0.25, -0.2) is 0 Å². The van der Waals surface area contributed by atoms with E-state index in [1.54, 1.807) is 12.1 Å². The van der Waals surface area contributed by atoms with Gasteiger partial charge in [0.05, 0.1) is 0 Å². The van der Waals surface area contributed by atoms with Gasteiger partial charge in [0.25, 0.3) is 0 Å². The van der Waals surface area contributed by atoms with Crippen LogP contribution in [0.1, 0.15) is 50.9 Å². The number of para-hydroxylation sites is 1. The van der Waals surface area contributed by atoms with Crippen molar-refractivity contribution in [1.29, 1.82) is 0 Å². The van der Waals surface area contributed by atoms with Gasteiger partial charge in [0.1, 0.15) is 0 Å². The summed E-state index contributed by atoms with van der Waals surface area (Å²) in [5, 5.41) is 0. The quantitative estimate of drug-likeness (QED) is 0.622. The molecule has 0 amide bonds. The second-order valence-electron chi connectivity index (χ2n) is 4.60. The molecule has 1 aromatic carbocycles. The van der Waals surface area contributed by atoms with Gasteiger partial charge in [0.2, 0.25) is 0 Å². The largest absolute Gasteiger partial charge is 0.398 e. The van der Waals surface area contributed by atoms with Gasteiger partial charge in [-0.1, -0.05) is 39.8 Å². The summed E-state index contributed by atoms with van der Waals surface area (Å²) in [5.74, 6) is 0.544. The van der Waals surface area contributed by atoms with Crippen LogP contribution in [0.3, 0.4) is 0 Å². The second kappa shape index (κ2) is 8.70. The number of carbonyl (C=O) groups excluding carboxylic acids is 1. The monoisotopic (exact) mass is 250 g/mol. The van der Waals surface area contributed by atoms with Gasteiger partial charge in [0, 0.05) is 23.7 Å². The van der Waals surface area contributed by atoms with Crippen molar-refractivity contribution in [3.8, 4) is 0 Å². The summed E-state index contributed by atoms with van der Waals surface area (Å²) in [5.41, 5.74) is 12.8. The molecule has 0 heterocycles. The smallest absolute Gasteiger partial charge is 0.166 e. The topological polar surface area (TPSA) is 69.1 Å². The van der Waals surface area contributed by atoms with Crippen molar-refractivity contribution in [2.75, 3.05) is 5.73 Å². The molecule has 3 nitrogen and oxygen atoms in total. The van der Waals surface area contributed by atoms with E-state index in [1.165, 1.54) is 0 Å². The van der Waals surface area contributed by atoms with Gasteiger partial charge in [-0.05, 0) is 24.5 Å². The highest BCUT2D eigenvalue weighted by Crippen LogP contribution is 2.15. The summed E-state index contributed by atoms with van der Waals surface area (Å²) in [6, 6.07) is 7.05. The maximum atomic E-state index is 11.9. The molecule has 18 heavy (non-hydrogen) atoms. The number of hydrogen-bond donors (Lipinski definition) is 2. The Morgan fingerprint density at radius 2 is 1.78 bits per heavy atom. The van der Waals surface area contributed by atoms with Crippen LogP contribution < -0.4 is 11.5 Å². The third-order valence-electron chi connectivity index (χ3n) is 2.48. The molecule has 1 aromatic rings. The molecule has 1 rings (SSSR count). The molecule has 0 saturated carbocycles. The Morgan fingerprint density at radius 1 is 1.22 bits per heavy atom. The summed E-state index contributed by atoms with van der Waals surface area (Å²) in [6.45, 7) is 8.20. The molecule has 0 saturated heterocycles. The zero-order valence-electron chi connectivity index (χ0n) is 11.9. The molecule has 0 bridgehead atoms. The molecule has 102 valence electrons. The highest BCUT2D eigenvalue weighted by molar-refractivity contribution is 6.00. The average molecular weight is 250 g/mol. The predicted molar refractivity (Wildman–Crippen MR) is 78.6 cm³/mol. The lowest BCUT2D eigenvalue weighted by molar-refractivity contribution is 0.0972. The SMILES string of the molecule is CC.CC(C)CC(N)CC(=O)c1ccccc1N. The fourth-order valence-electron chi connectivity index (χ4n) is 1.79. The van der Waals surface area contributed by atoms with Crippen LogP contribution in [-0.4, -0.2) is 11.8 Å². The van der Waals surface area contributed by atoms with Crippen LogP contribution in [0.5, 0.6) is 0 Å². The van der Waals surface area contributed by atoms with E-state index < -0.39 is 0 Å². The Kier molecular flexibility index (Phi) is 8.05. The first-order valence-corrected chi connectivity index (χ1v) is 6.64. The molecular formula is C15H26N2O. The first-order valence-electron chi connectivity index (χ1n) is 6.64. The first kappa shape index (κ1) is 16.6. The summed E-state index contributed by atoms with van der Waals surface area (Å²) in [7, 11) is 0. The van der Waals surface area contributed by atoms with Crippen LogP contribution >= 0.6 is 0 Å². The highest BCUT2D eigenvalue weighted by atomic mass is 16.1. The van der Waals surface area contributed by atoms with Crippen LogP contribution in [-0.2, 0) is 0 Å². The van der Waals surface area contributed by atoms with E-state index in [2.05, 4.69) is 13.8 Å². The molecule has 0 aromatic heterocycles. The van der Waals surface area contributed by atoms with E-state index in [0.717, 1.165) is 6.42 Å². The number of rotatable bonds is 5. The minimum absolute atomic E-state index is 0.0336. The standard InChI is InChI=1S/C13H20N2O.C2H6/c1-9(2)7-10(14)8-13(16)11-5-3-4-6-12(11)15;1-2/h3-6,9-10H,7-8,14-15H2,1-2H3;1-2H3. The number of Topliss-reactive ketones (excluding diaryl/α,β-unsaturated/α-hetero) is 1. The Balaban J connectivity index is 0.00000137. The zero-order chi connectivity index (χ0) is 14.1. The molecule has 1 unspecified atom stereocenters. The van der Waals surface area contributed by atoms with E-state index in [9.17, 15) is 4.79 Å². The minimum atomic E-state index is -0.0768. The van der Waals surface area contributed by atoms with E-state index in [1.807, 2.05) is 26.0 Å². The van der Waals surface area contributed by atoms with Crippen LogP contribution in [0, 0.1) is 5.92 Å². The Labute approximate surface area is 111 Å².